The minimum atomic E-state index is -4.86. The van der Waals surface area contributed by atoms with Crippen LogP contribution in [0.1, 0.15) is 12.0 Å². The van der Waals surface area contributed by atoms with E-state index in [1.165, 1.54) is 12.1 Å². The molecule has 0 fully saturated rings. The van der Waals surface area contributed by atoms with Crippen molar-refractivity contribution in [2.45, 2.75) is 19.0 Å². The van der Waals surface area contributed by atoms with Gasteiger partial charge in [0, 0.05) is 24.4 Å². The van der Waals surface area contributed by atoms with Gasteiger partial charge in [0.15, 0.2) is 0 Å². The van der Waals surface area contributed by atoms with Crippen LogP contribution < -0.4 is 0 Å². The van der Waals surface area contributed by atoms with Crippen molar-refractivity contribution >= 4 is 5.78 Å². The number of hydrogen-bond acceptors (Lipinski definition) is 5. The molecule has 0 saturated carbocycles. The minimum Gasteiger partial charge on any atom is -0.507 e. The molecule has 1 aromatic carbocycles. The number of hydrogen-bond donors (Lipinski definition) is 1. The SMILES string of the molecule is O=C(CCc1ccc(O)c(-c2cc(-c3ccccn3)nc(-c3ccccn3)c2)c1)C(F)(F)F. The Hall–Kier alpha value is -4.07. The Balaban J connectivity index is 1.77. The Bertz CT molecular complexity index is 1220. The van der Waals surface area contributed by atoms with E-state index in [0.29, 0.717) is 39.5 Å². The number of pyridine rings is 3. The van der Waals surface area contributed by atoms with E-state index < -0.39 is 18.4 Å². The van der Waals surface area contributed by atoms with Crippen molar-refractivity contribution in [3.8, 4) is 39.7 Å². The summed E-state index contributed by atoms with van der Waals surface area (Å²) in [5.74, 6) is -1.83. The third kappa shape index (κ3) is 5.23. The quantitative estimate of drug-likeness (QED) is 0.412. The summed E-state index contributed by atoms with van der Waals surface area (Å²) in [5.41, 5.74) is 3.81. The molecule has 8 heteroatoms. The van der Waals surface area contributed by atoms with Gasteiger partial charge in [-0.15, -0.1) is 0 Å². The van der Waals surface area contributed by atoms with Crippen LogP contribution in [0.5, 0.6) is 5.75 Å². The number of halogens is 3. The average molecular weight is 449 g/mol. The second-order valence-corrected chi connectivity index (χ2v) is 7.33. The number of carbonyl (C=O) groups excluding carboxylic acids is 1. The van der Waals surface area contributed by atoms with Gasteiger partial charge in [0.1, 0.15) is 5.75 Å². The lowest BCUT2D eigenvalue weighted by Gasteiger charge is -2.12. The number of carbonyl (C=O) groups is 1. The van der Waals surface area contributed by atoms with Crippen molar-refractivity contribution in [2.24, 2.45) is 0 Å². The molecule has 0 amide bonds. The van der Waals surface area contributed by atoms with E-state index in [1.807, 2.05) is 12.1 Å². The van der Waals surface area contributed by atoms with Gasteiger partial charge in [-0.05, 0) is 66.1 Å². The van der Waals surface area contributed by atoms with Crippen LogP contribution >= 0.6 is 0 Å². The van der Waals surface area contributed by atoms with Crippen LogP contribution in [0.4, 0.5) is 13.2 Å². The van der Waals surface area contributed by atoms with Gasteiger partial charge in [0.2, 0.25) is 5.78 Å². The summed E-state index contributed by atoms with van der Waals surface area (Å²) < 4.78 is 37.7. The van der Waals surface area contributed by atoms with Gasteiger partial charge in [-0.2, -0.15) is 13.2 Å². The highest BCUT2D eigenvalue weighted by Gasteiger charge is 2.37. The van der Waals surface area contributed by atoms with E-state index in [9.17, 15) is 23.1 Å². The molecule has 0 atom stereocenters. The maximum absolute atomic E-state index is 12.6. The third-order valence-electron chi connectivity index (χ3n) is 5.01. The molecule has 0 bridgehead atoms. The molecule has 0 aliphatic rings. The Kier molecular flexibility index (Phi) is 6.17. The van der Waals surface area contributed by atoms with E-state index in [4.69, 9.17) is 0 Å². The van der Waals surface area contributed by atoms with Gasteiger partial charge in [0.05, 0.1) is 22.8 Å². The first-order valence-corrected chi connectivity index (χ1v) is 10.1. The molecule has 166 valence electrons. The predicted octanol–water partition coefficient (Wildman–Crippen LogP) is 5.64. The third-order valence-corrected chi connectivity index (χ3v) is 5.01. The number of aromatic hydroxyl groups is 1. The zero-order valence-corrected chi connectivity index (χ0v) is 17.3. The average Bonchev–Trinajstić information content (AvgIpc) is 2.83. The van der Waals surface area contributed by atoms with E-state index in [-0.39, 0.29) is 12.2 Å². The van der Waals surface area contributed by atoms with E-state index in [2.05, 4.69) is 15.0 Å². The number of phenolic OH excluding ortho intramolecular Hbond substituents is 1. The molecule has 0 aliphatic heterocycles. The van der Waals surface area contributed by atoms with Crippen molar-refractivity contribution in [1.29, 1.82) is 0 Å². The molecular weight excluding hydrogens is 431 g/mol. The summed E-state index contributed by atoms with van der Waals surface area (Å²) >= 11 is 0. The van der Waals surface area contributed by atoms with Crippen molar-refractivity contribution in [3.05, 3.63) is 84.7 Å². The monoisotopic (exact) mass is 449 g/mol. The largest absolute Gasteiger partial charge is 0.507 e. The summed E-state index contributed by atoms with van der Waals surface area (Å²) in [5, 5.41) is 10.5. The fourth-order valence-electron chi connectivity index (χ4n) is 3.35. The molecule has 0 radical (unpaired) electrons. The number of alkyl halides is 3. The normalized spacial score (nSPS) is 11.4. The van der Waals surface area contributed by atoms with E-state index in [1.54, 1.807) is 54.9 Å². The van der Waals surface area contributed by atoms with Crippen LogP contribution in [0.25, 0.3) is 33.9 Å². The second-order valence-electron chi connectivity index (χ2n) is 7.33. The summed E-state index contributed by atoms with van der Waals surface area (Å²) in [6.45, 7) is 0. The first-order valence-electron chi connectivity index (χ1n) is 10.1. The number of Topliss-reactive ketones (excluding diaryl/α,β-unsaturated/α-hetero) is 1. The molecule has 4 aromatic rings. The molecule has 0 unspecified atom stereocenters. The van der Waals surface area contributed by atoms with Gasteiger partial charge in [-0.25, -0.2) is 4.98 Å². The van der Waals surface area contributed by atoms with E-state index in [0.717, 1.165) is 0 Å². The lowest BCUT2D eigenvalue weighted by atomic mass is 9.97. The smallest absolute Gasteiger partial charge is 0.449 e. The first kappa shape index (κ1) is 22.1. The molecule has 1 N–H and O–H groups in total. The van der Waals surface area contributed by atoms with Gasteiger partial charge in [-0.3, -0.25) is 14.8 Å². The first-order chi connectivity index (χ1) is 15.8. The maximum atomic E-state index is 12.6. The lowest BCUT2D eigenvalue weighted by Crippen LogP contribution is -2.22. The van der Waals surface area contributed by atoms with Gasteiger partial charge in [0.25, 0.3) is 0 Å². The summed E-state index contributed by atoms with van der Waals surface area (Å²) in [6.07, 6.45) is -2.35. The molecule has 0 aliphatic carbocycles. The van der Waals surface area contributed by atoms with Gasteiger partial charge >= 0.3 is 6.18 Å². The van der Waals surface area contributed by atoms with Crippen LogP contribution in [0.3, 0.4) is 0 Å². The Morgan fingerprint density at radius 3 is 1.94 bits per heavy atom. The van der Waals surface area contributed by atoms with Crippen molar-refractivity contribution in [3.63, 3.8) is 0 Å². The van der Waals surface area contributed by atoms with Crippen LogP contribution in [-0.4, -0.2) is 32.0 Å². The number of rotatable bonds is 6. The second kappa shape index (κ2) is 9.20. The zero-order chi connectivity index (χ0) is 23.4. The topological polar surface area (TPSA) is 76.0 Å². The highest BCUT2D eigenvalue weighted by Crippen LogP contribution is 2.35. The van der Waals surface area contributed by atoms with Crippen LogP contribution in [0.15, 0.2) is 79.1 Å². The number of benzene rings is 1. The summed E-state index contributed by atoms with van der Waals surface area (Å²) in [4.78, 5) is 24.6. The zero-order valence-electron chi connectivity index (χ0n) is 17.3. The summed E-state index contributed by atoms with van der Waals surface area (Å²) in [7, 11) is 0. The number of aromatic nitrogens is 3. The van der Waals surface area contributed by atoms with Crippen LogP contribution in [0.2, 0.25) is 0 Å². The number of ketones is 1. The molecule has 33 heavy (non-hydrogen) atoms. The van der Waals surface area contributed by atoms with Crippen LogP contribution in [0, 0.1) is 0 Å². The molecular formula is C25H18F3N3O2. The number of nitrogens with zero attached hydrogens (tertiary/aromatic N) is 3. The molecule has 3 heterocycles. The Morgan fingerprint density at radius 2 is 1.42 bits per heavy atom. The van der Waals surface area contributed by atoms with Crippen molar-refractivity contribution in [2.75, 3.05) is 0 Å². The standard InChI is InChI=1S/C25H18F3N3O2/c26-25(27,28)24(33)10-8-16-7-9-23(32)18(13-16)17-14-21(19-5-1-3-11-29-19)31-22(15-17)20-6-2-4-12-30-20/h1-7,9,11-15,32H,8,10H2. The molecule has 0 saturated heterocycles. The van der Waals surface area contributed by atoms with Crippen molar-refractivity contribution < 1.29 is 23.1 Å². The van der Waals surface area contributed by atoms with Crippen molar-refractivity contribution in [1.82, 2.24) is 15.0 Å². The fraction of sp³-hybridized carbons (Fsp3) is 0.120. The van der Waals surface area contributed by atoms with Gasteiger partial charge in [-0.1, -0.05) is 18.2 Å². The Morgan fingerprint density at radius 1 is 0.818 bits per heavy atom. The van der Waals surface area contributed by atoms with Gasteiger partial charge < -0.3 is 5.11 Å². The fourth-order valence-corrected chi connectivity index (χ4v) is 3.35. The van der Waals surface area contributed by atoms with E-state index >= 15 is 0 Å². The predicted molar refractivity (Wildman–Crippen MR) is 117 cm³/mol. The van der Waals surface area contributed by atoms with Crippen LogP contribution in [-0.2, 0) is 11.2 Å². The lowest BCUT2D eigenvalue weighted by molar-refractivity contribution is -0.171. The molecule has 4 rings (SSSR count). The minimum absolute atomic E-state index is 0.0500. The highest BCUT2D eigenvalue weighted by atomic mass is 19.4. The number of aryl methyl sites for hydroxylation is 1. The molecule has 5 nitrogen and oxygen atoms in total. The summed E-state index contributed by atoms with van der Waals surface area (Å²) in [6, 6.07) is 18.8. The molecule has 3 aromatic heterocycles. The molecule has 0 spiro atoms. The highest BCUT2D eigenvalue weighted by molar-refractivity contribution is 5.84. The maximum Gasteiger partial charge on any atom is 0.449 e. The number of phenols is 1. The Labute approximate surface area is 187 Å².